The second kappa shape index (κ2) is 11.0. The zero-order valence-electron chi connectivity index (χ0n) is 21.6. The van der Waals surface area contributed by atoms with Gasteiger partial charge in [-0.2, -0.15) is 10.1 Å². The fraction of sp³-hybridized carbons (Fsp3) is 0.417. The van der Waals surface area contributed by atoms with Gasteiger partial charge in [0.1, 0.15) is 20.6 Å². The predicted octanol–water partition coefficient (Wildman–Crippen LogP) is 3.79. The second-order valence-electron chi connectivity index (χ2n) is 9.42. The van der Waals surface area contributed by atoms with Crippen LogP contribution in [0.3, 0.4) is 0 Å². The number of hydrogen-bond acceptors (Lipinski definition) is 10. The normalized spacial score (nSPS) is 13.7. The van der Waals surface area contributed by atoms with Crippen LogP contribution in [-0.4, -0.2) is 79.8 Å². The van der Waals surface area contributed by atoms with Gasteiger partial charge in [-0.25, -0.2) is 14.6 Å². The van der Waals surface area contributed by atoms with Crippen LogP contribution >= 0.6 is 22.6 Å². The number of pyridine rings is 1. The molecule has 0 aliphatic carbocycles. The highest BCUT2D eigenvalue weighted by Crippen LogP contribution is 2.30. The lowest BCUT2D eigenvalue weighted by atomic mass is 10.0. The first-order valence-corrected chi connectivity index (χ1v) is 12.7. The molecule has 0 spiro atoms. The predicted molar refractivity (Wildman–Crippen MR) is 146 cm³/mol. The van der Waals surface area contributed by atoms with Gasteiger partial charge in [0.05, 0.1) is 26.5 Å². The number of nitrogens with zero attached hydrogens (tertiary/aromatic N) is 6. The number of amides is 2. The number of nitrogens with one attached hydrogen (secondary N) is 1. The molecule has 0 saturated heterocycles. The Morgan fingerprint density at radius 2 is 2.00 bits per heavy atom. The first-order chi connectivity index (χ1) is 18.0. The molecule has 0 bridgehead atoms. The van der Waals surface area contributed by atoms with Gasteiger partial charge in [0.25, 0.3) is 0 Å². The van der Waals surface area contributed by atoms with E-state index in [0.29, 0.717) is 40.0 Å². The SMILES string of the molecule is COC(=O)Nc1nc(O)c2c(n1)c(I)nn2Cc1cnc(C2=CCN(C(=O)OC(C)(C)C)CC2)cc1OC. The number of aromatic hydroxyl groups is 1. The lowest BCUT2D eigenvalue weighted by Crippen LogP contribution is -2.39. The molecule has 0 radical (unpaired) electrons. The van der Waals surface area contributed by atoms with E-state index >= 15 is 0 Å². The summed E-state index contributed by atoms with van der Waals surface area (Å²) >= 11 is 2.00. The molecule has 3 aromatic rings. The molecule has 3 aromatic heterocycles. The molecule has 1 aliphatic heterocycles. The maximum Gasteiger partial charge on any atom is 0.413 e. The van der Waals surface area contributed by atoms with Gasteiger partial charge < -0.3 is 24.2 Å². The van der Waals surface area contributed by atoms with Gasteiger partial charge >= 0.3 is 12.2 Å². The number of ether oxygens (including phenoxy) is 3. The van der Waals surface area contributed by atoms with Crippen molar-refractivity contribution in [3.8, 4) is 11.6 Å². The van der Waals surface area contributed by atoms with E-state index in [9.17, 15) is 14.7 Å². The monoisotopic (exact) mass is 637 g/mol. The highest BCUT2D eigenvalue weighted by molar-refractivity contribution is 14.1. The number of carbonyl (C=O) groups excluding carboxylic acids is 2. The zero-order valence-corrected chi connectivity index (χ0v) is 23.8. The Bertz CT molecular complexity index is 1420. The van der Waals surface area contributed by atoms with E-state index in [1.54, 1.807) is 22.9 Å². The Morgan fingerprint density at radius 1 is 1.24 bits per heavy atom. The maximum atomic E-state index is 12.4. The van der Waals surface area contributed by atoms with E-state index in [-0.39, 0.29) is 24.5 Å². The van der Waals surface area contributed by atoms with Crippen molar-refractivity contribution < 1.29 is 28.9 Å². The summed E-state index contributed by atoms with van der Waals surface area (Å²) in [5, 5.41) is 17.4. The summed E-state index contributed by atoms with van der Waals surface area (Å²) in [7, 11) is 2.78. The standard InChI is InChI=1S/C24H28IN7O6/c1-24(2,3)38-23(35)31-8-6-13(7-9-31)15-10-16(36-4)14(11-26-15)12-32-18-17(19(25)30-32)27-21(28-20(18)33)29-22(34)37-5/h6,10-11H,7-9,12H2,1-5H3,(H2,27,28,29,33,34). The number of fused-ring (bicyclic) bond motifs is 1. The topological polar surface area (TPSA) is 154 Å². The molecule has 38 heavy (non-hydrogen) atoms. The van der Waals surface area contributed by atoms with Crippen molar-refractivity contribution in [1.82, 2.24) is 29.6 Å². The average Bonchev–Trinajstić information content (AvgIpc) is 3.18. The van der Waals surface area contributed by atoms with Gasteiger partial charge in [-0.1, -0.05) is 6.08 Å². The van der Waals surface area contributed by atoms with Crippen LogP contribution in [0.5, 0.6) is 11.6 Å². The minimum Gasteiger partial charge on any atom is -0.496 e. The molecule has 4 heterocycles. The summed E-state index contributed by atoms with van der Waals surface area (Å²) in [6.45, 7) is 6.71. The Morgan fingerprint density at radius 3 is 2.63 bits per heavy atom. The first kappa shape index (κ1) is 27.3. The Labute approximate surface area is 232 Å². The summed E-state index contributed by atoms with van der Waals surface area (Å²) in [6.07, 6.45) is 3.20. The van der Waals surface area contributed by atoms with Gasteiger partial charge in [-0.15, -0.1) is 0 Å². The number of carbonyl (C=O) groups is 2. The van der Waals surface area contributed by atoms with E-state index in [1.807, 2.05) is 55.5 Å². The molecule has 202 valence electrons. The summed E-state index contributed by atoms with van der Waals surface area (Å²) in [6, 6.07) is 1.84. The van der Waals surface area contributed by atoms with Gasteiger partial charge in [-0.05, 0) is 55.4 Å². The lowest BCUT2D eigenvalue weighted by molar-refractivity contribution is 0.0270. The smallest absolute Gasteiger partial charge is 0.413 e. The number of hydrogen-bond donors (Lipinski definition) is 2. The molecule has 14 heteroatoms. The summed E-state index contributed by atoms with van der Waals surface area (Å²) in [5.41, 5.74) is 2.60. The molecule has 0 unspecified atom stereocenters. The number of methoxy groups -OCH3 is 2. The second-order valence-corrected chi connectivity index (χ2v) is 10.4. The molecule has 0 fully saturated rings. The molecule has 0 aromatic carbocycles. The molecule has 2 N–H and O–H groups in total. The maximum absolute atomic E-state index is 12.4. The summed E-state index contributed by atoms with van der Waals surface area (Å²) < 4.78 is 17.7. The van der Waals surface area contributed by atoms with E-state index in [2.05, 4.69) is 30.1 Å². The van der Waals surface area contributed by atoms with Crippen LogP contribution in [0.4, 0.5) is 15.5 Å². The van der Waals surface area contributed by atoms with Gasteiger partial charge in [-0.3, -0.25) is 15.0 Å². The fourth-order valence-electron chi connectivity index (χ4n) is 3.85. The van der Waals surface area contributed by atoms with Crippen molar-refractivity contribution in [2.75, 3.05) is 32.6 Å². The number of aromatic nitrogens is 5. The van der Waals surface area contributed by atoms with Crippen LogP contribution in [0.25, 0.3) is 16.6 Å². The third kappa shape index (κ3) is 6.06. The molecule has 2 amide bonds. The Kier molecular flexibility index (Phi) is 7.89. The zero-order chi connectivity index (χ0) is 27.6. The van der Waals surface area contributed by atoms with Crippen molar-refractivity contribution in [3.05, 3.63) is 33.3 Å². The molecule has 1 aliphatic rings. The largest absolute Gasteiger partial charge is 0.496 e. The molecule has 4 rings (SSSR count). The third-order valence-electron chi connectivity index (χ3n) is 5.60. The van der Waals surface area contributed by atoms with Gasteiger partial charge in [0.2, 0.25) is 11.8 Å². The summed E-state index contributed by atoms with van der Waals surface area (Å²) in [4.78, 5) is 38.3. The molecular weight excluding hydrogens is 609 g/mol. The van der Waals surface area contributed by atoms with Crippen LogP contribution in [0.1, 0.15) is 38.4 Å². The Hall–Kier alpha value is -3.69. The van der Waals surface area contributed by atoms with E-state index in [4.69, 9.17) is 9.47 Å². The Balaban J connectivity index is 1.55. The number of halogens is 1. The number of anilines is 1. The van der Waals surface area contributed by atoms with Crippen molar-refractivity contribution >= 4 is 57.3 Å². The van der Waals surface area contributed by atoms with E-state index < -0.39 is 11.7 Å². The van der Waals surface area contributed by atoms with Crippen molar-refractivity contribution in [1.29, 1.82) is 0 Å². The molecule has 0 atom stereocenters. The first-order valence-electron chi connectivity index (χ1n) is 11.7. The van der Waals surface area contributed by atoms with Crippen molar-refractivity contribution in [2.24, 2.45) is 0 Å². The third-order valence-corrected chi connectivity index (χ3v) is 6.33. The van der Waals surface area contributed by atoms with E-state index in [0.717, 1.165) is 16.8 Å². The fourth-order valence-corrected chi connectivity index (χ4v) is 4.48. The summed E-state index contributed by atoms with van der Waals surface area (Å²) in [5.74, 6) is 0.143. The van der Waals surface area contributed by atoms with Crippen molar-refractivity contribution in [3.63, 3.8) is 0 Å². The number of rotatable bonds is 5. The lowest BCUT2D eigenvalue weighted by Gasteiger charge is -2.29. The molecule has 13 nitrogen and oxygen atoms in total. The van der Waals surface area contributed by atoms with Gasteiger partial charge in [0.15, 0.2) is 5.52 Å². The van der Waals surface area contributed by atoms with Crippen LogP contribution in [0.15, 0.2) is 18.3 Å². The average molecular weight is 637 g/mol. The van der Waals surface area contributed by atoms with E-state index in [1.165, 1.54) is 7.11 Å². The molecular formula is C24H28IN7O6. The molecule has 0 saturated carbocycles. The minimum atomic E-state index is -0.757. The van der Waals surface area contributed by atoms with Gasteiger partial charge in [0, 0.05) is 30.9 Å². The van der Waals surface area contributed by atoms with Crippen LogP contribution < -0.4 is 10.1 Å². The quantitative estimate of drug-likeness (QED) is 0.395. The minimum absolute atomic E-state index is 0.103. The van der Waals surface area contributed by atoms with Crippen LogP contribution in [-0.2, 0) is 16.0 Å². The van der Waals surface area contributed by atoms with Crippen LogP contribution in [0.2, 0.25) is 0 Å². The van der Waals surface area contributed by atoms with Crippen molar-refractivity contribution in [2.45, 2.75) is 39.3 Å². The highest BCUT2D eigenvalue weighted by atomic mass is 127. The highest BCUT2D eigenvalue weighted by Gasteiger charge is 2.25. The van der Waals surface area contributed by atoms with Crippen LogP contribution in [0, 0.1) is 3.70 Å².